The number of alkyl carbamates (subject to hydrolysis) is 1. The second-order valence-electron chi connectivity index (χ2n) is 7.19. The zero-order chi connectivity index (χ0) is 19.9. The van der Waals surface area contributed by atoms with Gasteiger partial charge < -0.3 is 24.8 Å². The van der Waals surface area contributed by atoms with Crippen LogP contribution in [0.4, 0.5) is 4.79 Å². The Morgan fingerprint density at radius 1 is 1.18 bits per heavy atom. The summed E-state index contributed by atoms with van der Waals surface area (Å²) in [6.45, 7) is 0.554. The second-order valence-corrected chi connectivity index (χ2v) is 7.19. The molecule has 4 bridgehead atoms. The van der Waals surface area contributed by atoms with E-state index in [4.69, 9.17) is 9.47 Å². The fraction of sp³-hybridized carbons (Fsp3) is 0.550. The number of nitrogens with one attached hydrogen (secondary N) is 1. The average molecular weight is 390 g/mol. The molecule has 1 aromatic rings. The van der Waals surface area contributed by atoms with Crippen molar-refractivity contribution in [2.75, 3.05) is 19.7 Å². The Morgan fingerprint density at radius 3 is 2.82 bits per heavy atom. The minimum Gasteiger partial charge on any atom is -0.480 e. The van der Waals surface area contributed by atoms with Crippen molar-refractivity contribution >= 4 is 18.0 Å². The zero-order valence-electron chi connectivity index (χ0n) is 15.8. The highest BCUT2D eigenvalue weighted by molar-refractivity contribution is 5.87. The molecule has 2 N–H and O–H groups in total. The maximum absolute atomic E-state index is 12.4. The summed E-state index contributed by atoms with van der Waals surface area (Å²) in [5, 5.41) is 11.8. The number of aliphatic carboxylic acids is 1. The molecular formula is C20H26N2O6. The maximum Gasteiger partial charge on any atom is 0.407 e. The van der Waals surface area contributed by atoms with Crippen LogP contribution in [0.2, 0.25) is 0 Å². The highest BCUT2D eigenvalue weighted by Gasteiger charge is 2.40. The van der Waals surface area contributed by atoms with Gasteiger partial charge in [0, 0.05) is 13.0 Å². The highest BCUT2D eigenvalue weighted by atomic mass is 16.5. The molecule has 0 unspecified atom stereocenters. The van der Waals surface area contributed by atoms with E-state index in [-0.39, 0.29) is 32.2 Å². The van der Waals surface area contributed by atoms with Crippen LogP contribution in [0.5, 0.6) is 0 Å². The second kappa shape index (κ2) is 9.54. The number of carboxylic acid groups (broad SMARTS) is 1. The Balaban J connectivity index is 1.71. The average Bonchev–Trinajstić information content (AvgIpc) is 3.12. The third kappa shape index (κ3) is 5.45. The molecule has 8 nitrogen and oxygen atoms in total. The number of hydrogen-bond acceptors (Lipinski definition) is 5. The molecule has 8 heteroatoms. The lowest BCUT2D eigenvalue weighted by molar-refractivity contribution is -0.147. The molecule has 28 heavy (non-hydrogen) atoms. The first kappa shape index (κ1) is 20.1. The zero-order valence-corrected chi connectivity index (χ0v) is 15.8. The number of carbonyl (C=O) groups is 3. The van der Waals surface area contributed by atoms with Crippen LogP contribution in [0.3, 0.4) is 0 Å². The molecular weight excluding hydrogens is 364 g/mol. The van der Waals surface area contributed by atoms with Crippen LogP contribution in [-0.2, 0) is 32.1 Å². The lowest BCUT2D eigenvalue weighted by Gasteiger charge is -2.21. The topological polar surface area (TPSA) is 105 Å². The van der Waals surface area contributed by atoms with Crippen LogP contribution >= 0.6 is 0 Å². The quantitative estimate of drug-likeness (QED) is 0.756. The van der Waals surface area contributed by atoms with Crippen molar-refractivity contribution in [3.63, 3.8) is 0 Å². The van der Waals surface area contributed by atoms with Gasteiger partial charge in [-0.25, -0.2) is 9.59 Å². The lowest BCUT2D eigenvalue weighted by atomic mass is 10.0. The van der Waals surface area contributed by atoms with Crippen molar-refractivity contribution in [3.05, 3.63) is 35.4 Å². The van der Waals surface area contributed by atoms with Crippen molar-refractivity contribution in [2.45, 2.75) is 50.9 Å². The summed E-state index contributed by atoms with van der Waals surface area (Å²) < 4.78 is 11.0. The van der Waals surface area contributed by atoms with Gasteiger partial charge in [-0.3, -0.25) is 4.79 Å². The molecule has 1 saturated heterocycles. The summed E-state index contributed by atoms with van der Waals surface area (Å²) in [4.78, 5) is 36.9. The van der Waals surface area contributed by atoms with Crippen molar-refractivity contribution in [3.8, 4) is 0 Å². The van der Waals surface area contributed by atoms with Crippen molar-refractivity contribution in [2.24, 2.45) is 0 Å². The molecule has 2 heterocycles. The van der Waals surface area contributed by atoms with E-state index >= 15 is 0 Å². The van der Waals surface area contributed by atoms with Crippen LogP contribution in [0.15, 0.2) is 24.3 Å². The number of ether oxygens (including phenoxy) is 2. The fourth-order valence-electron chi connectivity index (χ4n) is 3.59. The predicted octanol–water partition coefficient (Wildman–Crippen LogP) is 1.71. The number of benzene rings is 1. The van der Waals surface area contributed by atoms with E-state index in [0.717, 1.165) is 31.2 Å². The largest absolute Gasteiger partial charge is 0.480 e. The van der Waals surface area contributed by atoms with E-state index in [2.05, 4.69) is 17.4 Å². The molecule has 0 saturated carbocycles. The third-order valence-electron chi connectivity index (χ3n) is 5.07. The van der Waals surface area contributed by atoms with Gasteiger partial charge in [-0.1, -0.05) is 24.3 Å². The first-order valence-corrected chi connectivity index (χ1v) is 9.65. The molecule has 2 atom stereocenters. The van der Waals surface area contributed by atoms with Crippen LogP contribution in [0.25, 0.3) is 0 Å². The van der Waals surface area contributed by atoms with Gasteiger partial charge >= 0.3 is 12.1 Å². The van der Waals surface area contributed by atoms with Crippen molar-refractivity contribution < 1.29 is 29.0 Å². The van der Waals surface area contributed by atoms with E-state index in [1.54, 1.807) is 0 Å². The molecule has 2 amide bonds. The SMILES string of the molecule is O=C1NCC(=O)N2C[C@@H](C[C@H]2C(=O)O)OCc2cccc(c2)CCCCCO1. The van der Waals surface area contributed by atoms with Crippen LogP contribution in [0.1, 0.15) is 36.8 Å². The summed E-state index contributed by atoms with van der Waals surface area (Å²) in [7, 11) is 0. The molecule has 0 aromatic heterocycles. The molecule has 0 aliphatic carbocycles. The van der Waals surface area contributed by atoms with Crippen LogP contribution in [-0.4, -0.2) is 59.8 Å². The summed E-state index contributed by atoms with van der Waals surface area (Å²) in [5.74, 6) is -1.53. The standard InChI is InChI=1S/C20H26N2O6/c23-18-11-21-20(26)27-8-3-1-2-5-14-6-4-7-15(9-14)13-28-16-10-17(19(24)25)22(18)12-16/h4,6-7,9,16-17H,1-3,5,8,10-13H2,(H,21,26)(H,24,25)/t16-,17+/m1/s1. The van der Waals surface area contributed by atoms with E-state index in [0.29, 0.717) is 6.61 Å². The number of fused-ring (bicyclic) bond motifs is 4. The molecule has 1 aromatic carbocycles. The Hall–Kier alpha value is -2.61. The summed E-state index contributed by atoms with van der Waals surface area (Å²) in [5.41, 5.74) is 2.25. The van der Waals surface area contributed by atoms with Crippen LogP contribution in [0, 0.1) is 0 Å². The molecule has 3 rings (SSSR count). The minimum atomic E-state index is -1.07. The summed E-state index contributed by atoms with van der Waals surface area (Å²) >= 11 is 0. The summed E-state index contributed by atoms with van der Waals surface area (Å²) in [6.07, 6.45) is 2.81. The van der Waals surface area contributed by atoms with Gasteiger partial charge in [-0.2, -0.15) is 0 Å². The monoisotopic (exact) mass is 390 g/mol. The van der Waals surface area contributed by atoms with E-state index in [1.165, 1.54) is 10.5 Å². The first-order chi connectivity index (χ1) is 13.5. The fourth-order valence-corrected chi connectivity index (χ4v) is 3.59. The molecule has 152 valence electrons. The molecule has 2 aliphatic heterocycles. The van der Waals surface area contributed by atoms with Gasteiger partial charge in [0.1, 0.15) is 12.6 Å². The van der Waals surface area contributed by atoms with Gasteiger partial charge in [-0.15, -0.1) is 0 Å². The number of aryl methyl sites for hydroxylation is 1. The van der Waals surface area contributed by atoms with Crippen molar-refractivity contribution in [1.29, 1.82) is 0 Å². The third-order valence-corrected chi connectivity index (χ3v) is 5.07. The Bertz CT molecular complexity index is 722. The number of carbonyl (C=O) groups excluding carboxylic acids is 2. The number of nitrogens with zero attached hydrogens (tertiary/aromatic N) is 1. The lowest BCUT2D eigenvalue weighted by Crippen LogP contribution is -2.45. The van der Waals surface area contributed by atoms with Gasteiger partial charge in [0.05, 0.1) is 19.3 Å². The van der Waals surface area contributed by atoms with Crippen LogP contribution < -0.4 is 5.32 Å². The van der Waals surface area contributed by atoms with Gasteiger partial charge in [0.15, 0.2) is 0 Å². The molecule has 2 aliphatic rings. The Morgan fingerprint density at radius 2 is 2.00 bits per heavy atom. The first-order valence-electron chi connectivity index (χ1n) is 9.65. The number of carboxylic acids is 1. The van der Waals surface area contributed by atoms with E-state index < -0.39 is 24.0 Å². The number of amides is 2. The molecule has 0 spiro atoms. The normalized spacial score (nSPS) is 24.6. The Kier molecular flexibility index (Phi) is 6.86. The highest BCUT2D eigenvalue weighted by Crippen LogP contribution is 2.22. The number of rotatable bonds is 1. The van der Waals surface area contributed by atoms with Gasteiger partial charge in [0.2, 0.25) is 5.91 Å². The predicted molar refractivity (Wildman–Crippen MR) is 99.7 cm³/mol. The minimum absolute atomic E-state index is 0.187. The number of cyclic esters (lactones) is 1. The van der Waals surface area contributed by atoms with E-state index in [9.17, 15) is 19.5 Å². The maximum atomic E-state index is 12.4. The van der Waals surface area contributed by atoms with Gasteiger partial charge in [-0.05, 0) is 36.8 Å². The Labute approximate surface area is 163 Å². The van der Waals surface area contributed by atoms with E-state index in [1.807, 2.05) is 12.1 Å². The molecule has 0 radical (unpaired) electrons. The molecule has 1 fully saturated rings. The van der Waals surface area contributed by atoms with Crippen molar-refractivity contribution in [1.82, 2.24) is 10.2 Å². The number of hydrogen-bond donors (Lipinski definition) is 2. The summed E-state index contributed by atoms with van der Waals surface area (Å²) in [6, 6.07) is 7.19. The van der Waals surface area contributed by atoms with Gasteiger partial charge in [0.25, 0.3) is 0 Å². The smallest absolute Gasteiger partial charge is 0.407 e.